The predicted molar refractivity (Wildman–Crippen MR) is 98.3 cm³/mol. The molecule has 1 aromatic rings. The van der Waals surface area contributed by atoms with Crippen LogP contribution in [0.3, 0.4) is 0 Å². The highest BCUT2D eigenvalue weighted by molar-refractivity contribution is 7.13. The number of nitrogens with zero attached hydrogens (tertiary/aromatic N) is 3. The molecule has 144 valence electrons. The van der Waals surface area contributed by atoms with Crippen LogP contribution >= 0.6 is 11.3 Å². The van der Waals surface area contributed by atoms with Crippen LogP contribution in [0.4, 0.5) is 0 Å². The molecule has 2 N–H and O–H groups in total. The summed E-state index contributed by atoms with van der Waals surface area (Å²) in [5.41, 5.74) is 0. The number of aromatic nitrogens is 2. The molecular weight excluding hydrogens is 354 g/mol. The number of hydrogen-bond donors (Lipinski definition) is 2. The second-order valence-corrected chi connectivity index (χ2v) is 7.98. The van der Waals surface area contributed by atoms with Crippen LogP contribution in [0.25, 0.3) is 0 Å². The molecular formula is C17H27N5O3S. The Morgan fingerprint density at radius 1 is 1.23 bits per heavy atom. The van der Waals surface area contributed by atoms with Gasteiger partial charge in [-0.2, -0.15) is 0 Å². The van der Waals surface area contributed by atoms with E-state index in [1.54, 1.807) is 0 Å². The van der Waals surface area contributed by atoms with Crippen molar-refractivity contribution in [2.75, 3.05) is 46.4 Å². The smallest absolute Gasteiger partial charge is 0.319 e. The zero-order chi connectivity index (χ0) is 18.4. The van der Waals surface area contributed by atoms with Crippen LogP contribution in [0.5, 0.6) is 0 Å². The van der Waals surface area contributed by atoms with Crippen LogP contribution in [0.15, 0.2) is 0 Å². The Kier molecular flexibility index (Phi) is 6.93. The predicted octanol–water partition coefficient (Wildman–Crippen LogP) is 0.620. The molecule has 2 fully saturated rings. The summed E-state index contributed by atoms with van der Waals surface area (Å²) in [7, 11) is 1.41. The Labute approximate surface area is 157 Å². The van der Waals surface area contributed by atoms with Gasteiger partial charge in [0.1, 0.15) is 5.01 Å². The van der Waals surface area contributed by atoms with Crippen molar-refractivity contribution in [3.8, 4) is 0 Å². The SMILES string of the molecule is COC(=O)CN1CCC(CNC(=O)c2nnc(C3CCNCC3)s2)CC1. The molecule has 9 heteroatoms. The normalized spacial score (nSPS) is 20.0. The minimum atomic E-state index is -0.197. The molecule has 8 nitrogen and oxygen atoms in total. The van der Waals surface area contributed by atoms with E-state index in [1.807, 2.05) is 0 Å². The van der Waals surface area contributed by atoms with Gasteiger partial charge in [0.05, 0.1) is 13.7 Å². The number of carbonyl (C=O) groups excluding carboxylic acids is 2. The molecule has 26 heavy (non-hydrogen) atoms. The van der Waals surface area contributed by atoms with Gasteiger partial charge >= 0.3 is 5.97 Å². The average molecular weight is 382 g/mol. The summed E-state index contributed by atoms with van der Waals surface area (Å²) in [5, 5.41) is 16.1. The number of carbonyl (C=O) groups is 2. The van der Waals surface area contributed by atoms with Gasteiger partial charge in [0, 0.05) is 12.5 Å². The van der Waals surface area contributed by atoms with Crippen molar-refractivity contribution in [2.24, 2.45) is 5.92 Å². The first-order chi connectivity index (χ1) is 12.7. The first-order valence-electron chi connectivity index (χ1n) is 9.27. The van der Waals surface area contributed by atoms with Crippen molar-refractivity contribution in [2.45, 2.75) is 31.6 Å². The number of likely N-dealkylation sites (tertiary alicyclic amines) is 1. The van der Waals surface area contributed by atoms with Crippen LogP contribution in [0.2, 0.25) is 0 Å². The molecule has 3 heterocycles. The number of esters is 1. The number of hydrogen-bond acceptors (Lipinski definition) is 8. The van der Waals surface area contributed by atoms with Gasteiger partial charge < -0.3 is 15.4 Å². The molecule has 0 spiro atoms. The van der Waals surface area contributed by atoms with Crippen molar-refractivity contribution in [3.05, 3.63) is 10.0 Å². The fourth-order valence-corrected chi connectivity index (χ4v) is 4.40. The van der Waals surface area contributed by atoms with Gasteiger partial charge in [-0.1, -0.05) is 11.3 Å². The Bertz CT molecular complexity index is 609. The summed E-state index contributed by atoms with van der Waals surface area (Å²) < 4.78 is 4.70. The van der Waals surface area contributed by atoms with Crippen LogP contribution < -0.4 is 10.6 Å². The molecule has 1 amide bonds. The molecule has 0 aliphatic carbocycles. The van der Waals surface area contributed by atoms with Crippen molar-refractivity contribution < 1.29 is 14.3 Å². The number of rotatable bonds is 6. The first-order valence-corrected chi connectivity index (χ1v) is 10.1. The molecule has 2 saturated heterocycles. The maximum Gasteiger partial charge on any atom is 0.319 e. The highest BCUT2D eigenvalue weighted by Gasteiger charge is 2.24. The third kappa shape index (κ3) is 5.21. The molecule has 0 unspecified atom stereocenters. The lowest BCUT2D eigenvalue weighted by Crippen LogP contribution is -2.41. The minimum absolute atomic E-state index is 0.125. The van der Waals surface area contributed by atoms with Crippen molar-refractivity contribution in [3.63, 3.8) is 0 Å². The van der Waals surface area contributed by atoms with Gasteiger partial charge in [0.2, 0.25) is 5.01 Å². The molecule has 2 aliphatic rings. The first kappa shape index (κ1) is 19.2. The molecule has 0 saturated carbocycles. The summed E-state index contributed by atoms with van der Waals surface area (Å²) in [5.74, 6) is 0.538. The standard InChI is InChI=1S/C17H27N5O3S/c1-25-14(23)11-22-8-4-12(5-9-22)10-19-15(24)17-21-20-16(26-17)13-2-6-18-7-3-13/h12-13,18H,2-11H2,1H3,(H,19,24). The summed E-state index contributed by atoms with van der Waals surface area (Å²) >= 11 is 1.42. The topological polar surface area (TPSA) is 96.5 Å². The fraction of sp³-hybridized carbons (Fsp3) is 0.765. The molecule has 2 aliphatic heterocycles. The van der Waals surface area contributed by atoms with E-state index in [4.69, 9.17) is 4.74 Å². The highest BCUT2D eigenvalue weighted by Crippen LogP contribution is 2.27. The summed E-state index contributed by atoms with van der Waals surface area (Å²) in [4.78, 5) is 25.8. The molecule has 0 aromatic carbocycles. The van der Waals surface area contributed by atoms with E-state index in [9.17, 15) is 9.59 Å². The van der Waals surface area contributed by atoms with Crippen LogP contribution in [0.1, 0.15) is 46.4 Å². The quantitative estimate of drug-likeness (QED) is 0.697. The van der Waals surface area contributed by atoms with Crippen molar-refractivity contribution >= 4 is 23.2 Å². The number of piperidine rings is 2. The summed E-state index contributed by atoms with van der Waals surface area (Å²) in [6.45, 7) is 4.70. The van der Waals surface area contributed by atoms with E-state index in [1.165, 1.54) is 18.4 Å². The van der Waals surface area contributed by atoms with E-state index in [-0.39, 0.29) is 11.9 Å². The zero-order valence-electron chi connectivity index (χ0n) is 15.2. The third-order valence-corrected chi connectivity index (χ3v) is 6.25. The van der Waals surface area contributed by atoms with E-state index >= 15 is 0 Å². The lowest BCUT2D eigenvalue weighted by Gasteiger charge is -2.31. The third-order valence-electron chi connectivity index (χ3n) is 5.16. The number of amides is 1. The van der Waals surface area contributed by atoms with E-state index < -0.39 is 0 Å². The van der Waals surface area contributed by atoms with E-state index in [2.05, 4.69) is 25.7 Å². The summed E-state index contributed by atoms with van der Waals surface area (Å²) in [6.07, 6.45) is 4.04. The zero-order valence-corrected chi connectivity index (χ0v) is 16.0. The van der Waals surface area contributed by atoms with E-state index in [0.29, 0.717) is 29.9 Å². The number of nitrogens with one attached hydrogen (secondary N) is 2. The lowest BCUT2D eigenvalue weighted by molar-refractivity contribution is -0.142. The maximum absolute atomic E-state index is 12.3. The Morgan fingerprint density at radius 3 is 2.65 bits per heavy atom. The second kappa shape index (κ2) is 9.38. The highest BCUT2D eigenvalue weighted by atomic mass is 32.1. The molecule has 0 atom stereocenters. The average Bonchev–Trinajstić information content (AvgIpc) is 3.18. The minimum Gasteiger partial charge on any atom is -0.468 e. The van der Waals surface area contributed by atoms with Gasteiger partial charge in [0.25, 0.3) is 5.91 Å². The molecule has 0 bridgehead atoms. The Morgan fingerprint density at radius 2 is 1.96 bits per heavy atom. The second-order valence-electron chi connectivity index (χ2n) is 6.98. The Balaban J connectivity index is 1.40. The molecule has 3 rings (SSSR count). The van der Waals surface area contributed by atoms with Gasteiger partial charge in [0.15, 0.2) is 0 Å². The van der Waals surface area contributed by atoms with Crippen molar-refractivity contribution in [1.82, 2.24) is 25.7 Å². The van der Waals surface area contributed by atoms with Crippen LogP contribution in [0, 0.1) is 5.92 Å². The van der Waals surface area contributed by atoms with Gasteiger partial charge in [-0.05, 0) is 57.8 Å². The number of methoxy groups -OCH3 is 1. The number of ether oxygens (including phenoxy) is 1. The fourth-order valence-electron chi connectivity index (χ4n) is 3.47. The van der Waals surface area contributed by atoms with E-state index in [0.717, 1.165) is 56.9 Å². The van der Waals surface area contributed by atoms with Gasteiger partial charge in [-0.25, -0.2) is 0 Å². The van der Waals surface area contributed by atoms with Crippen LogP contribution in [-0.2, 0) is 9.53 Å². The maximum atomic E-state index is 12.3. The van der Waals surface area contributed by atoms with Crippen molar-refractivity contribution in [1.29, 1.82) is 0 Å². The van der Waals surface area contributed by atoms with Gasteiger partial charge in [-0.3, -0.25) is 14.5 Å². The Hall–Kier alpha value is -1.58. The van der Waals surface area contributed by atoms with Gasteiger partial charge in [-0.15, -0.1) is 10.2 Å². The molecule has 1 aromatic heterocycles. The lowest BCUT2D eigenvalue weighted by atomic mass is 9.97. The van der Waals surface area contributed by atoms with Crippen LogP contribution in [-0.4, -0.2) is 73.4 Å². The monoisotopic (exact) mass is 381 g/mol. The largest absolute Gasteiger partial charge is 0.468 e. The molecule has 0 radical (unpaired) electrons. The summed E-state index contributed by atoms with van der Waals surface area (Å²) in [6, 6.07) is 0.